The molecule has 0 N–H and O–H groups in total. The maximum Gasteiger partial charge on any atom is 0.0406 e. The number of halogens is 1. The summed E-state index contributed by atoms with van der Waals surface area (Å²) in [5, 5.41) is 0.825. The molecule has 1 atom stereocenters. The smallest absolute Gasteiger partial charge is 0.0406 e. The average molecular weight is 238 g/mol. The summed E-state index contributed by atoms with van der Waals surface area (Å²) < 4.78 is 0. The van der Waals surface area contributed by atoms with Gasteiger partial charge in [0.2, 0.25) is 0 Å². The normalized spacial score (nSPS) is 26.6. The Morgan fingerprint density at radius 2 is 1.88 bits per heavy atom. The molecule has 2 rings (SSSR count). The van der Waals surface area contributed by atoms with Gasteiger partial charge in [-0.25, -0.2) is 0 Å². The van der Waals surface area contributed by atoms with Crippen LogP contribution in [-0.4, -0.2) is 24.0 Å². The van der Waals surface area contributed by atoms with Crippen LogP contribution in [0.4, 0.5) is 0 Å². The molecule has 1 nitrogen and oxygen atoms in total. The second-order valence-electron chi connectivity index (χ2n) is 5.38. The molecule has 88 valence electrons. The van der Waals surface area contributed by atoms with E-state index in [1.807, 2.05) is 12.1 Å². The van der Waals surface area contributed by atoms with E-state index in [4.69, 9.17) is 11.6 Å². The third-order valence-electron chi connectivity index (χ3n) is 3.77. The third-order valence-corrected chi connectivity index (χ3v) is 4.03. The van der Waals surface area contributed by atoms with Crippen LogP contribution in [0.3, 0.4) is 0 Å². The van der Waals surface area contributed by atoms with Crippen LogP contribution >= 0.6 is 11.6 Å². The summed E-state index contributed by atoms with van der Waals surface area (Å²) in [6.07, 6.45) is 1.24. The predicted molar refractivity (Wildman–Crippen MR) is 70.1 cm³/mol. The zero-order valence-electron chi connectivity index (χ0n) is 10.3. The summed E-state index contributed by atoms with van der Waals surface area (Å²) in [6.45, 7) is 9.27. The first-order valence-corrected chi connectivity index (χ1v) is 6.39. The number of nitrogens with zero attached hydrogens (tertiary/aromatic N) is 1. The maximum absolute atomic E-state index is 5.93. The van der Waals surface area contributed by atoms with Gasteiger partial charge in [0.25, 0.3) is 0 Å². The fraction of sp³-hybridized carbons (Fsp3) is 0.571. The van der Waals surface area contributed by atoms with Crippen LogP contribution in [0.15, 0.2) is 24.3 Å². The molecule has 0 radical (unpaired) electrons. The van der Waals surface area contributed by atoms with Gasteiger partial charge in [-0.05, 0) is 44.5 Å². The first kappa shape index (κ1) is 11.9. The van der Waals surface area contributed by atoms with Gasteiger partial charge in [-0.15, -0.1) is 0 Å². The van der Waals surface area contributed by atoms with Crippen molar-refractivity contribution in [1.29, 1.82) is 0 Å². The summed E-state index contributed by atoms with van der Waals surface area (Å²) in [4.78, 5) is 2.55. The number of hydrogen-bond acceptors (Lipinski definition) is 1. The van der Waals surface area contributed by atoms with Crippen LogP contribution in [0.25, 0.3) is 0 Å². The number of rotatable bonds is 2. The Hall–Kier alpha value is -0.530. The van der Waals surface area contributed by atoms with Crippen LogP contribution in [0.1, 0.15) is 32.8 Å². The van der Waals surface area contributed by atoms with E-state index in [1.54, 1.807) is 0 Å². The molecular formula is C14H20ClN. The lowest BCUT2D eigenvalue weighted by molar-refractivity contribution is 0.260. The van der Waals surface area contributed by atoms with Gasteiger partial charge < -0.3 is 4.90 Å². The lowest BCUT2D eigenvalue weighted by Gasteiger charge is -2.27. The molecule has 2 heteroatoms. The highest BCUT2D eigenvalue weighted by molar-refractivity contribution is 6.30. The van der Waals surface area contributed by atoms with Gasteiger partial charge in [0.05, 0.1) is 0 Å². The van der Waals surface area contributed by atoms with E-state index in [1.165, 1.54) is 18.5 Å². The number of benzene rings is 1. The monoisotopic (exact) mass is 237 g/mol. The van der Waals surface area contributed by atoms with Crippen molar-refractivity contribution in [3.63, 3.8) is 0 Å². The minimum Gasteiger partial charge on any atom is -0.300 e. The summed E-state index contributed by atoms with van der Waals surface area (Å²) in [7, 11) is 0. The highest BCUT2D eigenvalue weighted by Crippen LogP contribution is 2.35. The average Bonchev–Trinajstić information content (AvgIpc) is 2.63. The standard InChI is InChI=1S/C14H20ClN/c1-11(2)16-9-8-14(3,10-16)12-4-6-13(15)7-5-12/h4-7,11H,8-10H2,1-3H3. The van der Waals surface area contributed by atoms with Gasteiger partial charge in [0.1, 0.15) is 0 Å². The van der Waals surface area contributed by atoms with E-state index >= 15 is 0 Å². The van der Waals surface area contributed by atoms with Gasteiger partial charge in [0, 0.05) is 23.0 Å². The molecule has 0 saturated carbocycles. The summed E-state index contributed by atoms with van der Waals surface area (Å²) in [5.41, 5.74) is 1.72. The topological polar surface area (TPSA) is 3.24 Å². The molecule has 0 aromatic heterocycles. The Bertz CT molecular complexity index is 358. The van der Waals surface area contributed by atoms with Crippen LogP contribution in [-0.2, 0) is 5.41 Å². The van der Waals surface area contributed by atoms with Crippen molar-refractivity contribution in [3.05, 3.63) is 34.9 Å². The van der Waals surface area contributed by atoms with Gasteiger partial charge in [-0.3, -0.25) is 0 Å². The molecule has 0 spiro atoms. The van der Waals surface area contributed by atoms with E-state index in [2.05, 4.69) is 37.8 Å². The summed E-state index contributed by atoms with van der Waals surface area (Å²) in [6, 6.07) is 8.99. The van der Waals surface area contributed by atoms with Crippen molar-refractivity contribution in [3.8, 4) is 0 Å². The Labute approximate surface area is 103 Å². The zero-order chi connectivity index (χ0) is 11.8. The van der Waals surface area contributed by atoms with Crippen molar-refractivity contribution in [2.24, 2.45) is 0 Å². The molecule has 16 heavy (non-hydrogen) atoms. The molecule has 1 aromatic carbocycles. The molecule has 0 aliphatic carbocycles. The fourth-order valence-corrected chi connectivity index (χ4v) is 2.65. The first-order chi connectivity index (χ1) is 7.51. The second kappa shape index (κ2) is 4.38. The van der Waals surface area contributed by atoms with Gasteiger partial charge in [-0.2, -0.15) is 0 Å². The molecule has 1 aromatic rings. The molecule has 1 aliphatic heterocycles. The lowest BCUT2D eigenvalue weighted by Crippen LogP contribution is -2.32. The Balaban J connectivity index is 2.18. The van der Waals surface area contributed by atoms with E-state index in [0.717, 1.165) is 11.6 Å². The molecular weight excluding hydrogens is 218 g/mol. The molecule has 1 unspecified atom stereocenters. The van der Waals surface area contributed by atoms with Crippen molar-refractivity contribution in [2.75, 3.05) is 13.1 Å². The highest BCUT2D eigenvalue weighted by atomic mass is 35.5. The fourth-order valence-electron chi connectivity index (χ4n) is 2.53. The highest BCUT2D eigenvalue weighted by Gasteiger charge is 2.35. The number of likely N-dealkylation sites (tertiary alicyclic amines) is 1. The summed E-state index contributed by atoms with van der Waals surface area (Å²) in [5.74, 6) is 0. The number of hydrogen-bond donors (Lipinski definition) is 0. The largest absolute Gasteiger partial charge is 0.300 e. The molecule has 0 bridgehead atoms. The van der Waals surface area contributed by atoms with Crippen molar-refractivity contribution in [1.82, 2.24) is 4.90 Å². The third kappa shape index (κ3) is 2.26. The SMILES string of the molecule is CC(C)N1CCC(C)(c2ccc(Cl)cc2)C1. The van der Waals surface area contributed by atoms with E-state index in [9.17, 15) is 0 Å². The summed E-state index contributed by atoms with van der Waals surface area (Å²) >= 11 is 5.93. The Morgan fingerprint density at radius 1 is 1.25 bits per heavy atom. The van der Waals surface area contributed by atoms with Gasteiger partial charge >= 0.3 is 0 Å². The zero-order valence-corrected chi connectivity index (χ0v) is 11.1. The van der Waals surface area contributed by atoms with Crippen LogP contribution < -0.4 is 0 Å². The molecule has 1 fully saturated rings. The molecule has 1 aliphatic rings. The first-order valence-electron chi connectivity index (χ1n) is 6.01. The maximum atomic E-state index is 5.93. The van der Waals surface area contributed by atoms with Crippen molar-refractivity contribution in [2.45, 2.75) is 38.6 Å². The molecule has 1 heterocycles. The Kier molecular flexibility index (Phi) is 3.27. The quantitative estimate of drug-likeness (QED) is 0.758. The minimum atomic E-state index is 0.300. The molecule has 1 saturated heterocycles. The van der Waals surface area contributed by atoms with Gasteiger partial charge in [-0.1, -0.05) is 30.7 Å². The van der Waals surface area contributed by atoms with Crippen LogP contribution in [0, 0.1) is 0 Å². The van der Waals surface area contributed by atoms with E-state index in [0.29, 0.717) is 11.5 Å². The van der Waals surface area contributed by atoms with Crippen molar-refractivity contribution >= 4 is 11.6 Å². The van der Waals surface area contributed by atoms with Crippen LogP contribution in [0.2, 0.25) is 5.02 Å². The van der Waals surface area contributed by atoms with Crippen molar-refractivity contribution < 1.29 is 0 Å². The lowest BCUT2D eigenvalue weighted by atomic mass is 9.82. The van der Waals surface area contributed by atoms with E-state index in [-0.39, 0.29) is 0 Å². The van der Waals surface area contributed by atoms with Crippen LogP contribution in [0.5, 0.6) is 0 Å². The van der Waals surface area contributed by atoms with E-state index < -0.39 is 0 Å². The predicted octanol–water partition coefficient (Wildman–Crippen LogP) is 3.71. The Morgan fingerprint density at radius 3 is 2.38 bits per heavy atom. The molecule has 0 amide bonds. The minimum absolute atomic E-state index is 0.300. The second-order valence-corrected chi connectivity index (χ2v) is 5.82. The van der Waals surface area contributed by atoms with Gasteiger partial charge in [0.15, 0.2) is 0 Å².